The summed E-state index contributed by atoms with van der Waals surface area (Å²) in [5.74, 6) is -1.24. The molecule has 0 aromatic carbocycles. The van der Waals surface area contributed by atoms with E-state index in [1.54, 1.807) is 11.0 Å². The first-order chi connectivity index (χ1) is 9.49. The quantitative estimate of drug-likeness (QED) is 0.890. The van der Waals surface area contributed by atoms with E-state index in [1.807, 2.05) is 14.1 Å². The number of pyridine rings is 1. The van der Waals surface area contributed by atoms with E-state index in [2.05, 4.69) is 9.88 Å². The third kappa shape index (κ3) is 3.14. The number of carbonyl (C=O) groups is 2. The molecule has 0 saturated carbocycles. The summed E-state index contributed by atoms with van der Waals surface area (Å²) in [4.78, 5) is 31.0. The number of hydrogen-bond donors (Lipinski definition) is 1. The number of carbonyl (C=O) groups excluding carboxylic acids is 1. The summed E-state index contributed by atoms with van der Waals surface area (Å²) in [5.41, 5.74) is 0.286. The Balaban J connectivity index is 2.14. The van der Waals surface area contributed by atoms with E-state index in [1.165, 1.54) is 12.3 Å². The summed E-state index contributed by atoms with van der Waals surface area (Å²) in [6.45, 7) is 1.39. The zero-order chi connectivity index (χ0) is 14.7. The molecule has 6 nitrogen and oxygen atoms in total. The molecule has 1 aromatic rings. The molecule has 2 rings (SSSR count). The minimum Gasteiger partial charge on any atom is -0.477 e. The highest BCUT2D eigenvalue weighted by molar-refractivity contribution is 5.96. The van der Waals surface area contributed by atoms with Gasteiger partial charge in [-0.3, -0.25) is 4.79 Å². The van der Waals surface area contributed by atoms with Crippen LogP contribution in [-0.4, -0.2) is 65.0 Å². The number of aromatic carboxylic acids is 1. The zero-order valence-corrected chi connectivity index (χ0v) is 11.7. The number of piperidine rings is 1. The molecule has 0 bridgehead atoms. The average molecular weight is 277 g/mol. The molecular formula is C14H19N3O3. The molecule has 0 spiro atoms. The molecule has 1 aromatic heterocycles. The normalized spacial score (nSPS) is 19.1. The maximum atomic E-state index is 12.4. The predicted molar refractivity (Wildman–Crippen MR) is 73.8 cm³/mol. The van der Waals surface area contributed by atoms with Crippen molar-refractivity contribution in [2.45, 2.75) is 18.9 Å². The second-order valence-electron chi connectivity index (χ2n) is 5.25. The van der Waals surface area contributed by atoms with Gasteiger partial charge >= 0.3 is 5.97 Å². The van der Waals surface area contributed by atoms with Gasteiger partial charge in [0, 0.05) is 30.9 Å². The Morgan fingerprint density at radius 2 is 2.20 bits per heavy atom. The second kappa shape index (κ2) is 6.00. The molecule has 1 aliphatic heterocycles. The van der Waals surface area contributed by atoms with Crippen LogP contribution in [0.1, 0.15) is 33.7 Å². The van der Waals surface area contributed by atoms with Crippen molar-refractivity contribution in [3.05, 3.63) is 29.6 Å². The number of carboxylic acids is 1. The van der Waals surface area contributed by atoms with Gasteiger partial charge in [-0.15, -0.1) is 0 Å². The van der Waals surface area contributed by atoms with E-state index in [-0.39, 0.29) is 11.6 Å². The molecule has 6 heteroatoms. The van der Waals surface area contributed by atoms with Gasteiger partial charge in [0.15, 0.2) is 0 Å². The van der Waals surface area contributed by atoms with Gasteiger partial charge in [0.25, 0.3) is 5.91 Å². The molecule has 1 saturated heterocycles. The number of aromatic nitrogens is 1. The number of likely N-dealkylation sites (tertiary alicyclic amines) is 1. The van der Waals surface area contributed by atoms with Crippen LogP contribution in [0.4, 0.5) is 0 Å². The van der Waals surface area contributed by atoms with Crippen LogP contribution in [-0.2, 0) is 0 Å². The van der Waals surface area contributed by atoms with Crippen LogP contribution in [0.3, 0.4) is 0 Å². The molecule has 1 aliphatic rings. The van der Waals surface area contributed by atoms with E-state index in [4.69, 9.17) is 5.11 Å². The van der Waals surface area contributed by atoms with Crippen molar-refractivity contribution in [2.75, 3.05) is 27.2 Å². The summed E-state index contributed by atoms with van der Waals surface area (Å²) < 4.78 is 0. The lowest BCUT2D eigenvalue weighted by molar-refractivity contribution is 0.0635. The SMILES string of the molecule is CN(C)C1CCCN(C(=O)c2ccnc(C(=O)O)c2)C1. The largest absolute Gasteiger partial charge is 0.477 e. The average Bonchev–Trinajstić information content (AvgIpc) is 2.46. The molecule has 0 aliphatic carbocycles. The minimum absolute atomic E-state index is 0.1000. The molecule has 1 unspecified atom stereocenters. The third-order valence-corrected chi connectivity index (χ3v) is 3.64. The van der Waals surface area contributed by atoms with Gasteiger partial charge in [0.2, 0.25) is 0 Å². The number of carboxylic acid groups (broad SMARTS) is 1. The maximum absolute atomic E-state index is 12.4. The first-order valence-corrected chi connectivity index (χ1v) is 6.64. The standard InChI is InChI=1S/C14H19N3O3/c1-16(2)11-4-3-7-17(9-11)13(18)10-5-6-15-12(8-10)14(19)20/h5-6,8,11H,3-4,7,9H2,1-2H3,(H,19,20). The van der Waals surface area contributed by atoms with Gasteiger partial charge < -0.3 is 14.9 Å². The van der Waals surface area contributed by atoms with Gasteiger partial charge in [-0.2, -0.15) is 0 Å². The van der Waals surface area contributed by atoms with E-state index in [9.17, 15) is 9.59 Å². The fourth-order valence-corrected chi connectivity index (χ4v) is 2.42. The predicted octanol–water partition coefficient (Wildman–Crippen LogP) is 0.946. The number of amides is 1. The van der Waals surface area contributed by atoms with Crippen molar-refractivity contribution >= 4 is 11.9 Å². The molecule has 1 fully saturated rings. The van der Waals surface area contributed by atoms with Crippen molar-refractivity contribution in [1.82, 2.24) is 14.8 Å². The Kier molecular flexibility index (Phi) is 4.34. The van der Waals surface area contributed by atoms with Crippen molar-refractivity contribution in [1.29, 1.82) is 0 Å². The highest BCUT2D eigenvalue weighted by Crippen LogP contribution is 2.16. The summed E-state index contributed by atoms with van der Waals surface area (Å²) >= 11 is 0. The monoisotopic (exact) mass is 277 g/mol. The van der Waals surface area contributed by atoms with E-state index in [0.29, 0.717) is 24.7 Å². The Hall–Kier alpha value is -1.95. The Bertz CT molecular complexity index is 516. The third-order valence-electron chi connectivity index (χ3n) is 3.64. The Labute approximate surface area is 118 Å². The van der Waals surface area contributed by atoms with Gasteiger partial charge in [0.05, 0.1) is 0 Å². The lowest BCUT2D eigenvalue weighted by Gasteiger charge is -2.36. The highest BCUT2D eigenvalue weighted by Gasteiger charge is 2.26. The molecule has 1 atom stereocenters. The number of hydrogen-bond acceptors (Lipinski definition) is 4. The topological polar surface area (TPSA) is 73.7 Å². The van der Waals surface area contributed by atoms with Gasteiger partial charge in [-0.05, 0) is 39.1 Å². The lowest BCUT2D eigenvalue weighted by atomic mass is 10.0. The first kappa shape index (κ1) is 14.5. The summed E-state index contributed by atoms with van der Waals surface area (Å²) in [6, 6.07) is 3.26. The fraction of sp³-hybridized carbons (Fsp3) is 0.500. The smallest absolute Gasteiger partial charge is 0.354 e. The van der Waals surface area contributed by atoms with Crippen molar-refractivity contribution in [3.8, 4) is 0 Å². The van der Waals surface area contributed by atoms with Crippen molar-refractivity contribution < 1.29 is 14.7 Å². The molecule has 0 radical (unpaired) electrons. The molecule has 20 heavy (non-hydrogen) atoms. The number of likely N-dealkylation sites (N-methyl/N-ethyl adjacent to an activating group) is 1. The number of rotatable bonds is 3. The van der Waals surface area contributed by atoms with Crippen molar-refractivity contribution in [2.24, 2.45) is 0 Å². The van der Waals surface area contributed by atoms with Crippen LogP contribution in [0, 0.1) is 0 Å². The molecule has 108 valence electrons. The first-order valence-electron chi connectivity index (χ1n) is 6.64. The Morgan fingerprint density at radius 3 is 2.85 bits per heavy atom. The summed E-state index contributed by atoms with van der Waals surface area (Å²) in [7, 11) is 4.02. The molecule has 1 N–H and O–H groups in total. The number of nitrogens with zero attached hydrogens (tertiary/aromatic N) is 3. The van der Waals surface area contributed by atoms with E-state index >= 15 is 0 Å². The van der Waals surface area contributed by atoms with E-state index < -0.39 is 5.97 Å². The van der Waals surface area contributed by atoms with E-state index in [0.717, 1.165) is 12.8 Å². The minimum atomic E-state index is -1.12. The maximum Gasteiger partial charge on any atom is 0.354 e. The van der Waals surface area contributed by atoms with Crippen LogP contribution < -0.4 is 0 Å². The van der Waals surface area contributed by atoms with Crippen LogP contribution in [0.5, 0.6) is 0 Å². The van der Waals surface area contributed by atoms with Crippen LogP contribution in [0.25, 0.3) is 0 Å². The fourth-order valence-electron chi connectivity index (χ4n) is 2.42. The van der Waals surface area contributed by atoms with Gasteiger partial charge in [-0.25, -0.2) is 9.78 Å². The van der Waals surface area contributed by atoms with Gasteiger partial charge in [-0.1, -0.05) is 0 Å². The van der Waals surface area contributed by atoms with Crippen molar-refractivity contribution in [3.63, 3.8) is 0 Å². The highest BCUT2D eigenvalue weighted by atomic mass is 16.4. The molecule has 1 amide bonds. The summed E-state index contributed by atoms with van der Waals surface area (Å²) in [5, 5.41) is 8.92. The summed E-state index contributed by atoms with van der Waals surface area (Å²) in [6.07, 6.45) is 3.41. The second-order valence-corrected chi connectivity index (χ2v) is 5.25. The van der Waals surface area contributed by atoms with Gasteiger partial charge in [0.1, 0.15) is 5.69 Å². The van der Waals surface area contributed by atoms with Crippen LogP contribution in [0.15, 0.2) is 18.3 Å². The molecule has 2 heterocycles. The molecular weight excluding hydrogens is 258 g/mol. The van der Waals surface area contributed by atoms with Crippen LogP contribution in [0.2, 0.25) is 0 Å². The Morgan fingerprint density at radius 1 is 1.45 bits per heavy atom. The van der Waals surface area contributed by atoms with Crippen LogP contribution >= 0.6 is 0 Å². The lowest BCUT2D eigenvalue weighted by Crippen LogP contribution is -2.47. The zero-order valence-electron chi connectivity index (χ0n) is 11.7.